The Labute approximate surface area is 185 Å². The molecule has 7 nitrogen and oxygen atoms in total. The van der Waals surface area contributed by atoms with Crippen molar-refractivity contribution in [1.29, 1.82) is 0 Å². The number of carbonyl (C=O) groups is 1. The number of amides is 1. The summed E-state index contributed by atoms with van der Waals surface area (Å²) in [6.45, 7) is 1.22. The number of rotatable bonds is 8. The van der Waals surface area contributed by atoms with Crippen molar-refractivity contribution in [2.45, 2.75) is 25.6 Å². The molecule has 0 fully saturated rings. The number of halogens is 3. The van der Waals surface area contributed by atoms with Gasteiger partial charge in [0.25, 0.3) is 5.91 Å². The molecule has 0 aliphatic heterocycles. The summed E-state index contributed by atoms with van der Waals surface area (Å²) in [5.74, 6) is -0.263. The highest BCUT2D eigenvalue weighted by Crippen LogP contribution is 2.32. The van der Waals surface area contributed by atoms with Gasteiger partial charge in [0.2, 0.25) is 5.82 Å². The van der Waals surface area contributed by atoms with E-state index < -0.39 is 17.6 Å². The van der Waals surface area contributed by atoms with Crippen molar-refractivity contribution in [3.05, 3.63) is 71.9 Å². The molecule has 11 heteroatoms. The van der Waals surface area contributed by atoms with Crippen molar-refractivity contribution in [1.82, 2.24) is 29.6 Å². The average Bonchev–Trinajstić information content (AvgIpc) is 3.54. The van der Waals surface area contributed by atoms with Gasteiger partial charge < -0.3 is 9.88 Å². The molecule has 166 valence electrons. The van der Waals surface area contributed by atoms with E-state index in [1.54, 1.807) is 24.7 Å². The number of alkyl halides is 3. The minimum atomic E-state index is -4.49. The molecular formula is C21H19F3N6OS. The van der Waals surface area contributed by atoms with Crippen LogP contribution in [0.3, 0.4) is 0 Å². The summed E-state index contributed by atoms with van der Waals surface area (Å²) in [6, 6.07) is 8.35. The van der Waals surface area contributed by atoms with Crippen LogP contribution in [0.4, 0.5) is 13.2 Å². The van der Waals surface area contributed by atoms with Crippen LogP contribution in [0.25, 0.3) is 16.4 Å². The van der Waals surface area contributed by atoms with E-state index >= 15 is 0 Å². The molecule has 0 unspecified atom stereocenters. The first kappa shape index (κ1) is 21.8. The Morgan fingerprint density at radius 3 is 2.75 bits per heavy atom. The topological polar surface area (TPSA) is 77.6 Å². The second-order valence-electron chi connectivity index (χ2n) is 6.96. The van der Waals surface area contributed by atoms with Crippen LogP contribution in [0.2, 0.25) is 0 Å². The SMILES string of the molecule is O=C(NCCCCn1ccnc1)c1nc(-c2cccs2)n(-c2cccc(C(F)(F)F)c2)n1. The normalized spacial score (nSPS) is 11.6. The molecule has 0 aliphatic carbocycles. The first-order valence-corrected chi connectivity index (χ1v) is 10.7. The zero-order chi connectivity index (χ0) is 22.6. The molecule has 0 aliphatic rings. The number of aryl methyl sites for hydroxylation is 1. The van der Waals surface area contributed by atoms with Crippen molar-refractivity contribution >= 4 is 17.2 Å². The van der Waals surface area contributed by atoms with E-state index in [0.717, 1.165) is 31.5 Å². The molecule has 0 bridgehead atoms. The maximum absolute atomic E-state index is 13.2. The Morgan fingerprint density at radius 1 is 1.16 bits per heavy atom. The molecule has 0 saturated carbocycles. The first-order chi connectivity index (χ1) is 15.4. The molecule has 1 aromatic carbocycles. The summed E-state index contributed by atoms with van der Waals surface area (Å²) in [6.07, 6.45) is 2.42. The number of benzene rings is 1. The van der Waals surface area contributed by atoms with E-state index in [0.29, 0.717) is 17.2 Å². The van der Waals surface area contributed by atoms with Crippen LogP contribution in [0.5, 0.6) is 0 Å². The molecule has 3 heterocycles. The van der Waals surface area contributed by atoms with Crippen LogP contribution >= 0.6 is 11.3 Å². The molecule has 0 spiro atoms. The highest BCUT2D eigenvalue weighted by atomic mass is 32.1. The highest BCUT2D eigenvalue weighted by Gasteiger charge is 2.31. The van der Waals surface area contributed by atoms with Gasteiger partial charge in [-0.1, -0.05) is 12.1 Å². The fraction of sp³-hybridized carbons (Fsp3) is 0.238. The number of carbonyl (C=O) groups excluding carboxylic acids is 1. The van der Waals surface area contributed by atoms with Crippen molar-refractivity contribution in [3.8, 4) is 16.4 Å². The molecule has 4 aromatic rings. The predicted octanol–water partition coefficient (Wildman–Crippen LogP) is 4.42. The Bertz CT molecular complexity index is 1170. The summed E-state index contributed by atoms with van der Waals surface area (Å²) in [5, 5.41) is 8.81. The van der Waals surface area contributed by atoms with Crippen molar-refractivity contribution < 1.29 is 18.0 Å². The lowest BCUT2D eigenvalue weighted by Crippen LogP contribution is -2.26. The molecular weight excluding hydrogens is 441 g/mol. The van der Waals surface area contributed by atoms with Crippen molar-refractivity contribution in [2.24, 2.45) is 0 Å². The summed E-state index contributed by atoms with van der Waals surface area (Å²) < 4.78 is 42.7. The van der Waals surface area contributed by atoms with E-state index in [1.165, 1.54) is 28.2 Å². The molecule has 1 N–H and O–H groups in total. The third-order valence-electron chi connectivity index (χ3n) is 4.66. The smallest absolute Gasteiger partial charge is 0.349 e. The maximum atomic E-state index is 13.2. The van der Waals surface area contributed by atoms with Gasteiger partial charge in [-0.15, -0.1) is 16.4 Å². The van der Waals surface area contributed by atoms with Gasteiger partial charge in [-0.3, -0.25) is 4.79 Å². The molecule has 0 saturated heterocycles. The lowest BCUT2D eigenvalue weighted by molar-refractivity contribution is -0.137. The maximum Gasteiger partial charge on any atom is 0.416 e. The minimum Gasteiger partial charge on any atom is -0.349 e. The van der Waals surface area contributed by atoms with E-state index in [1.807, 2.05) is 16.1 Å². The highest BCUT2D eigenvalue weighted by molar-refractivity contribution is 7.13. The predicted molar refractivity (Wildman–Crippen MR) is 113 cm³/mol. The number of hydrogen-bond donors (Lipinski definition) is 1. The third kappa shape index (κ3) is 5.05. The van der Waals surface area contributed by atoms with Crippen molar-refractivity contribution in [2.75, 3.05) is 6.54 Å². The zero-order valence-corrected chi connectivity index (χ0v) is 17.6. The van der Waals surface area contributed by atoms with Gasteiger partial charge in [-0.25, -0.2) is 14.6 Å². The van der Waals surface area contributed by atoms with Gasteiger partial charge in [0.15, 0.2) is 5.82 Å². The Kier molecular flexibility index (Phi) is 6.35. The van der Waals surface area contributed by atoms with Crippen LogP contribution in [0.1, 0.15) is 29.0 Å². The van der Waals surface area contributed by atoms with Gasteiger partial charge >= 0.3 is 6.18 Å². The fourth-order valence-corrected chi connectivity index (χ4v) is 3.79. The first-order valence-electron chi connectivity index (χ1n) is 9.84. The lowest BCUT2D eigenvalue weighted by Gasteiger charge is -2.09. The van der Waals surface area contributed by atoms with Crippen LogP contribution in [-0.2, 0) is 12.7 Å². The molecule has 4 rings (SSSR count). The van der Waals surface area contributed by atoms with Gasteiger partial charge in [0.1, 0.15) is 0 Å². The van der Waals surface area contributed by atoms with E-state index in [4.69, 9.17) is 0 Å². The zero-order valence-electron chi connectivity index (χ0n) is 16.8. The van der Waals surface area contributed by atoms with E-state index in [-0.39, 0.29) is 11.5 Å². The summed E-state index contributed by atoms with van der Waals surface area (Å²) >= 11 is 1.36. The number of thiophene rings is 1. The molecule has 3 aromatic heterocycles. The largest absolute Gasteiger partial charge is 0.416 e. The molecule has 0 radical (unpaired) electrons. The van der Waals surface area contributed by atoms with Crippen molar-refractivity contribution in [3.63, 3.8) is 0 Å². The number of aromatic nitrogens is 5. The Morgan fingerprint density at radius 2 is 2.03 bits per heavy atom. The van der Waals surface area contributed by atoms with Crippen LogP contribution in [0, 0.1) is 0 Å². The van der Waals surface area contributed by atoms with E-state index in [2.05, 4.69) is 20.4 Å². The van der Waals surface area contributed by atoms with Crippen LogP contribution in [0.15, 0.2) is 60.5 Å². The van der Waals surface area contributed by atoms with Gasteiger partial charge in [-0.05, 0) is 42.5 Å². The molecule has 1 amide bonds. The number of nitrogens with one attached hydrogen (secondary N) is 1. The van der Waals surface area contributed by atoms with Crippen LogP contribution in [-0.4, -0.2) is 36.8 Å². The number of hydrogen-bond acceptors (Lipinski definition) is 5. The third-order valence-corrected chi connectivity index (χ3v) is 5.52. The average molecular weight is 460 g/mol. The monoisotopic (exact) mass is 460 g/mol. The Hall–Kier alpha value is -3.47. The van der Waals surface area contributed by atoms with Gasteiger partial charge in [0, 0.05) is 25.5 Å². The molecule has 32 heavy (non-hydrogen) atoms. The summed E-state index contributed by atoms with van der Waals surface area (Å²) in [5.41, 5.74) is -0.623. The second-order valence-corrected chi connectivity index (χ2v) is 7.91. The summed E-state index contributed by atoms with van der Waals surface area (Å²) in [4.78, 5) is 21.6. The second kappa shape index (κ2) is 9.35. The summed E-state index contributed by atoms with van der Waals surface area (Å²) in [7, 11) is 0. The van der Waals surface area contributed by atoms with Gasteiger partial charge in [-0.2, -0.15) is 13.2 Å². The number of nitrogens with zero attached hydrogens (tertiary/aromatic N) is 5. The standard InChI is InChI=1S/C21H19F3N6OS/c22-21(23,24)15-5-3-6-16(13-15)30-19(17-7-4-12-32-17)27-18(28-30)20(31)26-8-1-2-10-29-11-9-25-14-29/h3-7,9,11-14H,1-2,8,10H2,(H,26,31). The van der Waals surface area contributed by atoms with E-state index in [9.17, 15) is 18.0 Å². The Balaban J connectivity index is 1.51. The number of unbranched alkanes of at least 4 members (excludes halogenated alkanes) is 1. The van der Waals surface area contributed by atoms with Gasteiger partial charge in [0.05, 0.1) is 22.5 Å². The van der Waals surface area contributed by atoms with Crippen LogP contribution < -0.4 is 5.32 Å². The fourth-order valence-electron chi connectivity index (χ4n) is 3.09. The number of imidazole rings is 1. The molecule has 0 atom stereocenters. The minimum absolute atomic E-state index is 0.0968. The lowest BCUT2D eigenvalue weighted by atomic mass is 10.2. The quantitative estimate of drug-likeness (QED) is 0.395.